The van der Waals surface area contributed by atoms with Gasteiger partial charge in [0, 0.05) is 13.3 Å². The third-order valence-corrected chi connectivity index (χ3v) is 1.89. The van der Waals surface area contributed by atoms with Gasteiger partial charge in [-0.25, -0.2) is 19.4 Å². The average Bonchev–Trinajstić information content (AvgIpc) is 2.10. The number of nitrogens with two attached hydrogens (primary N) is 1. The van der Waals surface area contributed by atoms with E-state index in [4.69, 9.17) is 5.73 Å². The highest BCUT2D eigenvalue weighted by Crippen LogP contribution is 2.09. The van der Waals surface area contributed by atoms with Gasteiger partial charge in [-0.2, -0.15) is 11.8 Å². The van der Waals surface area contributed by atoms with Crippen LogP contribution in [0.1, 0.15) is 13.3 Å². The third-order valence-electron chi connectivity index (χ3n) is 1.28. The molecule has 0 saturated heterocycles. The SMILES string of the molecule is CSCCC(N)(O)C(=O)OOC(C)=O. The van der Waals surface area contributed by atoms with Crippen molar-refractivity contribution in [2.24, 2.45) is 5.73 Å². The molecule has 0 spiro atoms. The van der Waals surface area contributed by atoms with Crippen molar-refractivity contribution in [2.45, 2.75) is 19.1 Å². The molecule has 82 valence electrons. The van der Waals surface area contributed by atoms with Gasteiger partial charge in [0.25, 0.3) is 0 Å². The van der Waals surface area contributed by atoms with E-state index in [2.05, 4.69) is 9.78 Å². The molecule has 1 unspecified atom stereocenters. The van der Waals surface area contributed by atoms with Crippen LogP contribution in [0.15, 0.2) is 0 Å². The van der Waals surface area contributed by atoms with Crippen LogP contribution in [0.3, 0.4) is 0 Å². The Labute approximate surface area is 85.7 Å². The second-order valence-corrected chi connectivity index (χ2v) is 3.60. The minimum absolute atomic E-state index is 0.0221. The minimum atomic E-state index is -2.11. The van der Waals surface area contributed by atoms with Crippen LogP contribution < -0.4 is 5.73 Å². The summed E-state index contributed by atoms with van der Waals surface area (Å²) in [6.45, 7) is 1.06. The van der Waals surface area contributed by atoms with Crippen molar-refractivity contribution in [3.8, 4) is 0 Å². The Morgan fingerprint density at radius 2 is 2.07 bits per heavy atom. The lowest BCUT2D eigenvalue weighted by atomic mass is 10.2. The van der Waals surface area contributed by atoms with Crippen molar-refractivity contribution in [1.29, 1.82) is 0 Å². The van der Waals surface area contributed by atoms with Gasteiger partial charge in [0.2, 0.25) is 5.72 Å². The molecule has 0 aliphatic carbocycles. The lowest BCUT2D eigenvalue weighted by Gasteiger charge is -2.18. The Kier molecular flexibility index (Phi) is 5.51. The van der Waals surface area contributed by atoms with Gasteiger partial charge in [0.05, 0.1) is 0 Å². The van der Waals surface area contributed by atoms with Crippen LogP contribution in [-0.2, 0) is 19.4 Å². The Balaban J connectivity index is 4.00. The van der Waals surface area contributed by atoms with Gasteiger partial charge in [-0.1, -0.05) is 0 Å². The van der Waals surface area contributed by atoms with Crippen molar-refractivity contribution in [1.82, 2.24) is 0 Å². The van der Waals surface area contributed by atoms with Crippen LogP contribution in [0.4, 0.5) is 0 Å². The first-order valence-corrected chi connectivity index (χ1v) is 5.19. The highest BCUT2D eigenvalue weighted by Gasteiger charge is 2.34. The monoisotopic (exact) mass is 223 g/mol. The zero-order chi connectivity index (χ0) is 11.2. The molecule has 0 saturated carbocycles. The van der Waals surface area contributed by atoms with E-state index in [-0.39, 0.29) is 6.42 Å². The first-order valence-electron chi connectivity index (χ1n) is 3.80. The highest BCUT2D eigenvalue weighted by atomic mass is 32.2. The molecule has 0 amide bonds. The molecule has 0 heterocycles. The lowest BCUT2D eigenvalue weighted by Crippen LogP contribution is -2.49. The fourth-order valence-corrected chi connectivity index (χ4v) is 1.04. The molecule has 14 heavy (non-hydrogen) atoms. The van der Waals surface area contributed by atoms with Crippen molar-refractivity contribution in [2.75, 3.05) is 12.0 Å². The van der Waals surface area contributed by atoms with Gasteiger partial charge in [-0.15, -0.1) is 0 Å². The van der Waals surface area contributed by atoms with E-state index in [1.54, 1.807) is 6.26 Å². The van der Waals surface area contributed by atoms with E-state index in [1.807, 2.05) is 0 Å². The fourth-order valence-electron chi connectivity index (χ4n) is 0.528. The average molecular weight is 223 g/mol. The maximum atomic E-state index is 11.0. The topological polar surface area (TPSA) is 98.8 Å². The zero-order valence-electron chi connectivity index (χ0n) is 7.98. The second kappa shape index (κ2) is 5.84. The first-order chi connectivity index (χ1) is 6.40. The van der Waals surface area contributed by atoms with E-state index >= 15 is 0 Å². The molecule has 0 aliphatic heterocycles. The lowest BCUT2D eigenvalue weighted by molar-refractivity contribution is -0.269. The fraction of sp³-hybridized carbons (Fsp3) is 0.714. The molecular weight excluding hydrogens is 210 g/mol. The van der Waals surface area contributed by atoms with Crippen LogP contribution in [0.5, 0.6) is 0 Å². The smallest absolute Gasteiger partial charge is 0.366 e. The van der Waals surface area contributed by atoms with Crippen LogP contribution in [0, 0.1) is 0 Å². The minimum Gasteiger partial charge on any atom is -0.366 e. The van der Waals surface area contributed by atoms with Crippen LogP contribution in [-0.4, -0.2) is 34.8 Å². The molecule has 0 aliphatic rings. The molecule has 0 radical (unpaired) electrons. The molecule has 0 aromatic rings. The first kappa shape index (κ1) is 13.2. The van der Waals surface area contributed by atoms with E-state index in [0.29, 0.717) is 5.75 Å². The van der Waals surface area contributed by atoms with Crippen LogP contribution in [0.2, 0.25) is 0 Å². The summed E-state index contributed by atoms with van der Waals surface area (Å²) < 4.78 is 0. The number of hydrogen-bond donors (Lipinski definition) is 2. The number of thioether (sulfide) groups is 1. The third kappa shape index (κ3) is 5.05. The predicted molar refractivity (Wildman–Crippen MR) is 50.0 cm³/mol. The normalized spacial score (nSPS) is 14.3. The molecular formula is C7H13NO5S. The molecule has 0 aromatic heterocycles. The largest absolute Gasteiger partial charge is 0.401 e. The summed E-state index contributed by atoms with van der Waals surface area (Å²) in [5.41, 5.74) is 3.10. The van der Waals surface area contributed by atoms with Crippen molar-refractivity contribution < 1.29 is 24.5 Å². The molecule has 0 fully saturated rings. The number of carbonyl (C=O) groups is 2. The zero-order valence-corrected chi connectivity index (χ0v) is 8.80. The Morgan fingerprint density at radius 3 is 2.50 bits per heavy atom. The molecule has 0 bridgehead atoms. The predicted octanol–water partition coefficient (Wildman–Crippen LogP) is -0.592. The molecule has 6 nitrogen and oxygen atoms in total. The number of rotatable bonds is 4. The highest BCUT2D eigenvalue weighted by molar-refractivity contribution is 7.98. The van der Waals surface area contributed by atoms with Crippen LogP contribution >= 0.6 is 11.8 Å². The number of hydrogen-bond acceptors (Lipinski definition) is 7. The summed E-state index contributed by atoms with van der Waals surface area (Å²) in [4.78, 5) is 29.2. The summed E-state index contributed by atoms with van der Waals surface area (Å²) in [5, 5.41) is 9.33. The summed E-state index contributed by atoms with van der Waals surface area (Å²) >= 11 is 1.41. The summed E-state index contributed by atoms with van der Waals surface area (Å²) in [5.74, 6) is -1.48. The van der Waals surface area contributed by atoms with Gasteiger partial charge in [0.1, 0.15) is 0 Å². The van der Waals surface area contributed by atoms with E-state index in [9.17, 15) is 14.7 Å². The van der Waals surface area contributed by atoms with Gasteiger partial charge in [-0.05, 0) is 12.0 Å². The number of aliphatic hydroxyl groups is 1. The summed E-state index contributed by atoms with van der Waals surface area (Å²) in [6.07, 6.45) is 1.82. The molecule has 7 heteroatoms. The van der Waals surface area contributed by atoms with E-state index < -0.39 is 17.7 Å². The Morgan fingerprint density at radius 1 is 1.50 bits per heavy atom. The van der Waals surface area contributed by atoms with Crippen LogP contribution in [0.25, 0.3) is 0 Å². The number of carbonyl (C=O) groups excluding carboxylic acids is 2. The maximum Gasteiger partial charge on any atom is 0.401 e. The summed E-state index contributed by atoms with van der Waals surface area (Å²) in [6, 6.07) is 0. The van der Waals surface area contributed by atoms with E-state index in [0.717, 1.165) is 6.92 Å². The maximum absolute atomic E-state index is 11.0. The molecule has 0 aromatic carbocycles. The van der Waals surface area contributed by atoms with Crippen molar-refractivity contribution in [3.63, 3.8) is 0 Å². The molecule has 1 atom stereocenters. The Hall–Kier alpha value is -0.790. The van der Waals surface area contributed by atoms with Crippen molar-refractivity contribution >= 4 is 23.7 Å². The Bertz CT molecular complexity index is 218. The van der Waals surface area contributed by atoms with Gasteiger partial charge >= 0.3 is 11.9 Å². The second-order valence-electron chi connectivity index (χ2n) is 2.61. The quantitative estimate of drug-likeness (QED) is 0.373. The van der Waals surface area contributed by atoms with Gasteiger partial charge in [-0.3, -0.25) is 5.73 Å². The summed E-state index contributed by atoms with van der Waals surface area (Å²) in [7, 11) is 0. The molecule has 3 N–H and O–H groups in total. The van der Waals surface area contributed by atoms with Gasteiger partial charge < -0.3 is 5.11 Å². The van der Waals surface area contributed by atoms with Gasteiger partial charge in [0.15, 0.2) is 0 Å². The molecule has 0 rings (SSSR count). The standard InChI is InChI=1S/C7H13NO5S/c1-5(9)12-13-6(10)7(8,11)3-4-14-2/h11H,3-4,8H2,1-2H3. The van der Waals surface area contributed by atoms with Crippen molar-refractivity contribution in [3.05, 3.63) is 0 Å². The van der Waals surface area contributed by atoms with E-state index in [1.165, 1.54) is 11.8 Å².